The number of carbonyl (C=O) groups is 1. The number of allylic oxidation sites excluding steroid dienone is 1. The average Bonchev–Trinajstić information content (AvgIpc) is 2.22. The van der Waals surface area contributed by atoms with Gasteiger partial charge < -0.3 is 9.22 Å². The fraction of sp³-hybridized carbons (Fsp3) is 0.786. The molecule has 0 aliphatic carbocycles. The minimum absolute atomic E-state index is 0.0709. The van der Waals surface area contributed by atoms with Crippen LogP contribution in [0.5, 0.6) is 0 Å². The number of hydrogen-bond donors (Lipinski definition) is 0. The van der Waals surface area contributed by atoms with Crippen LogP contribution in [0.2, 0.25) is 18.1 Å². The Morgan fingerprint density at radius 3 is 2.06 bits per heavy atom. The van der Waals surface area contributed by atoms with Crippen LogP contribution in [0.1, 0.15) is 41.5 Å². The van der Waals surface area contributed by atoms with Crippen molar-refractivity contribution in [3.8, 4) is 0 Å². The van der Waals surface area contributed by atoms with E-state index in [2.05, 4.69) is 33.9 Å². The quantitative estimate of drug-likeness (QED) is 0.419. The molecule has 17 heavy (non-hydrogen) atoms. The molecule has 0 bridgehead atoms. The van der Waals surface area contributed by atoms with Gasteiger partial charge >= 0.3 is 0 Å². The minimum atomic E-state index is -1.83. The molecular formula is C14H28O2Si. The third kappa shape index (κ3) is 4.40. The van der Waals surface area contributed by atoms with Crippen molar-refractivity contribution in [2.45, 2.75) is 65.8 Å². The SMILES string of the molecule is C/C=C(\C)[C@@H](O[Si](C)(C)C(C)(C)C)[C@H](C)C=O. The van der Waals surface area contributed by atoms with E-state index in [9.17, 15) is 4.79 Å². The van der Waals surface area contributed by atoms with Gasteiger partial charge in [-0.2, -0.15) is 0 Å². The van der Waals surface area contributed by atoms with Crippen molar-refractivity contribution >= 4 is 14.6 Å². The molecule has 0 rings (SSSR count). The van der Waals surface area contributed by atoms with Crippen molar-refractivity contribution in [2.24, 2.45) is 5.92 Å². The first-order valence-electron chi connectivity index (χ1n) is 6.32. The van der Waals surface area contributed by atoms with Gasteiger partial charge in [0.2, 0.25) is 0 Å². The topological polar surface area (TPSA) is 26.3 Å². The van der Waals surface area contributed by atoms with E-state index in [4.69, 9.17) is 4.43 Å². The Bertz CT molecular complexity index is 287. The standard InChI is InChI=1S/C14H28O2Si/c1-9-11(2)13(12(3)10-15)16-17(7,8)14(4,5)6/h9-10,12-13H,1-8H3/b11-9+/t12-,13-/m1/s1. The lowest BCUT2D eigenvalue weighted by molar-refractivity contribution is -0.112. The summed E-state index contributed by atoms with van der Waals surface area (Å²) in [5, 5.41) is 0.169. The molecule has 0 fully saturated rings. The van der Waals surface area contributed by atoms with Crippen molar-refractivity contribution in [1.29, 1.82) is 0 Å². The summed E-state index contributed by atoms with van der Waals surface area (Å²) < 4.78 is 6.35. The van der Waals surface area contributed by atoms with E-state index in [0.29, 0.717) is 0 Å². The molecule has 2 nitrogen and oxygen atoms in total. The zero-order valence-corrected chi connectivity index (χ0v) is 13.6. The van der Waals surface area contributed by atoms with Gasteiger partial charge in [-0.1, -0.05) is 33.8 Å². The molecule has 3 heteroatoms. The minimum Gasteiger partial charge on any atom is -0.410 e. The highest BCUT2D eigenvalue weighted by Crippen LogP contribution is 2.38. The number of carbonyl (C=O) groups excluding carboxylic acids is 1. The molecule has 0 amide bonds. The van der Waals surface area contributed by atoms with Crippen LogP contribution in [0.15, 0.2) is 11.6 Å². The van der Waals surface area contributed by atoms with Crippen LogP contribution in [0.25, 0.3) is 0 Å². The Hall–Kier alpha value is -0.413. The van der Waals surface area contributed by atoms with Gasteiger partial charge in [-0.25, -0.2) is 0 Å². The number of rotatable bonds is 5. The summed E-state index contributed by atoms with van der Waals surface area (Å²) in [5.41, 5.74) is 1.15. The first kappa shape index (κ1) is 16.6. The monoisotopic (exact) mass is 256 g/mol. The summed E-state index contributed by atoms with van der Waals surface area (Å²) in [6.45, 7) is 17.1. The first-order chi connectivity index (χ1) is 7.56. The lowest BCUT2D eigenvalue weighted by Crippen LogP contribution is -2.46. The number of aldehydes is 1. The second-order valence-corrected chi connectivity index (χ2v) is 11.1. The Morgan fingerprint density at radius 2 is 1.76 bits per heavy atom. The van der Waals surface area contributed by atoms with Crippen LogP contribution in [-0.4, -0.2) is 20.7 Å². The predicted molar refractivity (Wildman–Crippen MR) is 76.7 cm³/mol. The van der Waals surface area contributed by atoms with Gasteiger partial charge in [-0.3, -0.25) is 0 Å². The van der Waals surface area contributed by atoms with Crippen molar-refractivity contribution in [3.63, 3.8) is 0 Å². The molecule has 0 aromatic carbocycles. The van der Waals surface area contributed by atoms with Crippen LogP contribution in [0.3, 0.4) is 0 Å². The number of hydrogen-bond acceptors (Lipinski definition) is 2. The Balaban J connectivity index is 5.07. The zero-order chi connectivity index (χ0) is 13.9. The molecule has 0 aromatic heterocycles. The molecule has 0 heterocycles. The van der Waals surface area contributed by atoms with Crippen molar-refractivity contribution < 1.29 is 9.22 Å². The van der Waals surface area contributed by atoms with Crippen molar-refractivity contribution in [1.82, 2.24) is 0 Å². The Labute approximate surface area is 108 Å². The fourth-order valence-electron chi connectivity index (χ4n) is 1.34. The summed E-state index contributed by atoms with van der Waals surface area (Å²) >= 11 is 0. The second kappa shape index (κ2) is 5.96. The van der Waals surface area contributed by atoms with Crippen LogP contribution in [-0.2, 0) is 9.22 Å². The van der Waals surface area contributed by atoms with E-state index in [1.165, 1.54) is 0 Å². The summed E-state index contributed by atoms with van der Waals surface area (Å²) in [4.78, 5) is 11.0. The molecule has 0 N–H and O–H groups in total. The van der Waals surface area contributed by atoms with Crippen LogP contribution in [0, 0.1) is 5.92 Å². The molecule has 0 spiro atoms. The van der Waals surface area contributed by atoms with E-state index in [1.54, 1.807) is 0 Å². The van der Waals surface area contributed by atoms with E-state index >= 15 is 0 Å². The molecule has 100 valence electrons. The summed E-state index contributed by atoms with van der Waals surface area (Å²) in [6, 6.07) is 0. The van der Waals surface area contributed by atoms with Gasteiger partial charge in [-0.15, -0.1) is 0 Å². The lowest BCUT2D eigenvalue weighted by atomic mass is 10.00. The summed E-state index contributed by atoms with van der Waals surface area (Å²) in [6.07, 6.45) is 2.96. The maximum Gasteiger partial charge on any atom is 0.192 e. The smallest absolute Gasteiger partial charge is 0.192 e. The van der Waals surface area contributed by atoms with Crippen molar-refractivity contribution in [3.05, 3.63) is 11.6 Å². The highest BCUT2D eigenvalue weighted by Gasteiger charge is 2.40. The normalized spacial score (nSPS) is 17.8. The molecule has 2 atom stereocenters. The first-order valence-corrected chi connectivity index (χ1v) is 9.23. The predicted octanol–water partition coefficient (Wildman–Crippen LogP) is 4.18. The second-order valence-electron chi connectivity index (χ2n) is 6.33. The van der Waals surface area contributed by atoms with Gasteiger partial charge in [0.05, 0.1) is 6.10 Å². The van der Waals surface area contributed by atoms with E-state index in [-0.39, 0.29) is 17.1 Å². The van der Waals surface area contributed by atoms with Gasteiger partial charge in [0, 0.05) is 5.92 Å². The van der Waals surface area contributed by atoms with E-state index < -0.39 is 8.32 Å². The average molecular weight is 256 g/mol. The maximum absolute atomic E-state index is 11.0. The third-order valence-electron chi connectivity index (χ3n) is 3.82. The maximum atomic E-state index is 11.0. The van der Waals surface area contributed by atoms with Crippen LogP contribution >= 0.6 is 0 Å². The van der Waals surface area contributed by atoms with Crippen molar-refractivity contribution in [2.75, 3.05) is 0 Å². The van der Waals surface area contributed by atoms with Gasteiger partial charge in [0.1, 0.15) is 6.29 Å². The molecule has 0 unspecified atom stereocenters. The van der Waals surface area contributed by atoms with Crippen LogP contribution in [0.4, 0.5) is 0 Å². The highest BCUT2D eigenvalue weighted by molar-refractivity contribution is 6.74. The molecule has 0 aliphatic heterocycles. The molecule has 0 radical (unpaired) electrons. The lowest BCUT2D eigenvalue weighted by Gasteiger charge is -2.40. The van der Waals surface area contributed by atoms with E-state index in [1.807, 2.05) is 26.8 Å². The highest BCUT2D eigenvalue weighted by atomic mass is 28.4. The molecule has 0 saturated carbocycles. The fourth-order valence-corrected chi connectivity index (χ4v) is 2.73. The zero-order valence-electron chi connectivity index (χ0n) is 12.6. The van der Waals surface area contributed by atoms with E-state index in [0.717, 1.165) is 11.9 Å². The molecule has 0 aromatic rings. The van der Waals surface area contributed by atoms with Crippen LogP contribution < -0.4 is 0 Å². The Kier molecular flexibility index (Phi) is 5.82. The molecular weight excluding hydrogens is 228 g/mol. The third-order valence-corrected chi connectivity index (χ3v) is 8.28. The molecule has 0 aliphatic rings. The van der Waals surface area contributed by atoms with Gasteiger partial charge in [0.25, 0.3) is 0 Å². The summed E-state index contributed by atoms with van der Waals surface area (Å²) in [5.74, 6) is -0.0830. The van der Waals surface area contributed by atoms with Gasteiger partial charge in [0.15, 0.2) is 8.32 Å². The largest absolute Gasteiger partial charge is 0.410 e. The molecule has 0 saturated heterocycles. The summed E-state index contributed by atoms with van der Waals surface area (Å²) in [7, 11) is -1.83. The van der Waals surface area contributed by atoms with Gasteiger partial charge in [-0.05, 0) is 37.6 Å². The Morgan fingerprint density at radius 1 is 1.29 bits per heavy atom.